The Hall–Kier alpha value is -2.32. The van der Waals surface area contributed by atoms with E-state index in [0.29, 0.717) is 5.56 Å². The van der Waals surface area contributed by atoms with Crippen LogP contribution in [0, 0.1) is 23.0 Å². The summed E-state index contributed by atoms with van der Waals surface area (Å²) in [6, 6.07) is 9.52. The molecule has 1 heterocycles. The van der Waals surface area contributed by atoms with Crippen molar-refractivity contribution in [2.45, 2.75) is 11.8 Å². The molecule has 2 aromatic carbocycles. The molecule has 0 unspecified atom stereocenters. The van der Waals surface area contributed by atoms with E-state index < -0.39 is 11.6 Å². The molecule has 5 heteroatoms. The van der Waals surface area contributed by atoms with Crippen LogP contribution in [-0.2, 0) is 0 Å². The summed E-state index contributed by atoms with van der Waals surface area (Å²) in [6.07, 6.45) is 0. The van der Waals surface area contributed by atoms with Crippen molar-refractivity contribution < 1.29 is 8.78 Å². The molecule has 0 aromatic heterocycles. The first-order chi connectivity index (χ1) is 10.6. The number of halogens is 2. The van der Waals surface area contributed by atoms with Gasteiger partial charge in [-0.3, -0.25) is 0 Å². The van der Waals surface area contributed by atoms with Crippen molar-refractivity contribution in [3.63, 3.8) is 0 Å². The molecule has 0 radical (unpaired) electrons. The van der Waals surface area contributed by atoms with Crippen LogP contribution in [0.2, 0.25) is 0 Å². The molecule has 0 N–H and O–H groups in total. The number of anilines is 1. The second-order valence-electron chi connectivity index (χ2n) is 4.82. The molecule has 0 saturated carbocycles. The SMILES string of the molecule is C=C1Sc2cc(-c3c(C#N)ccc(F)c3F)ccc2N1CC. The zero-order valence-corrected chi connectivity index (χ0v) is 12.7. The van der Waals surface area contributed by atoms with Crippen molar-refractivity contribution in [2.24, 2.45) is 0 Å². The molecular weight excluding hydrogens is 302 g/mol. The summed E-state index contributed by atoms with van der Waals surface area (Å²) in [5.41, 5.74) is 1.61. The Morgan fingerprint density at radius 1 is 1.27 bits per heavy atom. The number of nitriles is 1. The van der Waals surface area contributed by atoms with Crippen LogP contribution in [0.5, 0.6) is 0 Å². The maximum atomic E-state index is 14.1. The highest BCUT2D eigenvalue weighted by Crippen LogP contribution is 2.46. The van der Waals surface area contributed by atoms with Gasteiger partial charge in [-0.2, -0.15) is 5.26 Å². The first-order valence-corrected chi connectivity index (χ1v) is 7.55. The van der Waals surface area contributed by atoms with E-state index in [-0.39, 0.29) is 11.1 Å². The molecule has 22 heavy (non-hydrogen) atoms. The van der Waals surface area contributed by atoms with Crippen LogP contribution in [0.3, 0.4) is 0 Å². The summed E-state index contributed by atoms with van der Waals surface area (Å²) in [7, 11) is 0. The van der Waals surface area contributed by atoms with Crippen LogP contribution in [0.15, 0.2) is 46.8 Å². The fourth-order valence-electron chi connectivity index (χ4n) is 2.56. The van der Waals surface area contributed by atoms with Gasteiger partial charge in [0.15, 0.2) is 11.6 Å². The van der Waals surface area contributed by atoms with Crippen molar-refractivity contribution in [1.29, 1.82) is 5.26 Å². The Balaban J connectivity index is 2.17. The minimum absolute atomic E-state index is 0.00598. The fraction of sp³-hybridized carbons (Fsp3) is 0.118. The molecule has 0 saturated heterocycles. The van der Waals surface area contributed by atoms with Crippen LogP contribution in [0.1, 0.15) is 12.5 Å². The standard InChI is InChI=1S/C17H12F2N2S/c1-3-21-10(2)22-15-8-11(5-7-14(15)21)16-12(9-20)4-6-13(18)17(16)19/h4-8H,2-3H2,1H3. The van der Waals surface area contributed by atoms with Crippen molar-refractivity contribution in [3.8, 4) is 17.2 Å². The van der Waals surface area contributed by atoms with E-state index in [2.05, 4.69) is 11.5 Å². The third-order valence-corrected chi connectivity index (χ3v) is 4.60. The monoisotopic (exact) mass is 314 g/mol. The zero-order chi connectivity index (χ0) is 15.9. The summed E-state index contributed by atoms with van der Waals surface area (Å²) in [6.45, 7) is 6.80. The lowest BCUT2D eigenvalue weighted by Gasteiger charge is -2.17. The van der Waals surface area contributed by atoms with Gasteiger partial charge >= 0.3 is 0 Å². The Morgan fingerprint density at radius 2 is 2.05 bits per heavy atom. The number of benzene rings is 2. The summed E-state index contributed by atoms with van der Waals surface area (Å²) in [5, 5.41) is 10.0. The normalized spacial score (nSPS) is 13.2. The first kappa shape index (κ1) is 14.6. The lowest BCUT2D eigenvalue weighted by atomic mass is 9.99. The third kappa shape index (κ3) is 2.16. The Morgan fingerprint density at radius 3 is 2.73 bits per heavy atom. The maximum Gasteiger partial charge on any atom is 0.167 e. The molecule has 1 aliphatic heterocycles. The van der Waals surface area contributed by atoms with Crippen molar-refractivity contribution in [3.05, 3.63) is 59.1 Å². The number of fused-ring (bicyclic) bond motifs is 1. The van der Waals surface area contributed by atoms with Crippen molar-refractivity contribution in [1.82, 2.24) is 0 Å². The lowest BCUT2D eigenvalue weighted by molar-refractivity contribution is 0.511. The highest BCUT2D eigenvalue weighted by atomic mass is 32.2. The summed E-state index contributed by atoms with van der Waals surface area (Å²) in [5.74, 6) is -1.95. The molecule has 0 amide bonds. The summed E-state index contributed by atoms with van der Waals surface area (Å²) in [4.78, 5) is 2.98. The van der Waals surface area contributed by atoms with E-state index >= 15 is 0 Å². The minimum atomic E-state index is -0.992. The predicted octanol–water partition coefficient (Wildman–Crippen LogP) is 4.91. The van der Waals surface area contributed by atoms with Gasteiger partial charge in [0.25, 0.3) is 0 Å². The van der Waals surface area contributed by atoms with Gasteiger partial charge in [0.2, 0.25) is 0 Å². The van der Waals surface area contributed by atoms with E-state index in [1.165, 1.54) is 17.8 Å². The molecule has 110 valence electrons. The van der Waals surface area contributed by atoms with E-state index in [1.807, 2.05) is 19.1 Å². The number of rotatable bonds is 2. The van der Waals surface area contributed by atoms with Crippen LogP contribution < -0.4 is 4.90 Å². The summed E-state index contributed by atoms with van der Waals surface area (Å²) < 4.78 is 27.7. The topological polar surface area (TPSA) is 27.0 Å². The van der Waals surface area contributed by atoms with Gasteiger partial charge in [0, 0.05) is 17.0 Å². The minimum Gasteiger partial charge on any atom is -0.336 e. The van der Waals surface area contributed by atoms with Gasteiger partial charge in [0.05, 0.1) is 22.3 Å². The predicted molar refractivity (Wildman–Crippen MR) is 84.5 cm³/mol. The molecule has 0 aliphatic carbocycles. The molecule has 1 aliphatic rings. The van der Waals surface area contributed by atoms with Gasteiger partial charge in [-0.15, -0.1) is 0 Å². The van der Waals surface area contributed by atoms with Crippen molar-refractivity contribution in [2.75, 3.05) is 11.4 Å². The van der Waals surface area contributed by atoms with Gasteiger partial charge in [-0.05, 0) is 36.8 Å². The van der Waals surface area contributed by atoms with E-state index in [4.69, 9.17) is 5.26 Å². The largest absolute Gasteiger partial charge is 0.336 e. The van der Waals surface area contributed by atoms with E-state index in [9.17, 15) is 8.78 Å². The highest BCUT2D eigenvalue weighted by molar-refractivity contribution is 8.03. The molecule has 2 nitrogen and oxygen atoms in total. The molecule has 3 rings (SSSR count). The summed E-state index contributed by atoms with van der Waals surface area (Å²) >= 11 is 1.49. The third-order valence-electron chi connectivity index (χ3n) is 3.60. The van der Waals surface area contributed by atoms with Gasteiger partial charge in [-0.25, -0.2) is 8.78 Å². The zero-order valence-electron chi connectivity index (χ0n) is 11.9. The molecule has 0 bridgehead atoms. The second kappa shape index (κ2) is 5.47. The van der Waals surface area contributed by atoms with Crippen LogP contribution in [0.25, 0.3) is 11.1 Å². The lowest BCUT2D eigenvalue weighted by Crippen LogP contribution is -2.15. The molecule has 0 atom stereocenters. The molecule has 2 aromatic rings. The molecule has 0 spiro atoms. The van der Waals surface area contributed by atoms with Crippen LogP contribution >= 0.6 is 11.8 Å². The average molecular weight is 314 g/mol. The van der Waals surface area contributed by atoms with E-state index in [1.54, 1.807) is 12.1 Å². The average Bonchev–Trinajstić information content (AvgIpc) is 2.83. The Kier molecular flexibility index (Phi) is 3.63. The van der Waals surface area contributed by atoms with Gasteiger partial charge in [0.1, 0.15) is 0 Å². The first-order valence-electron chi connectivity index (χ1n) is 6.73. The second-order valence-corrected chi connectivity index (χ2v) is 5.93. The number of hydrogen-bond donors (Lipinski definition) is 0. The Labute approximate surface area is 131 Å². The number of nitrogens with zero attached hydrogens (tertiary/aromatic N) is 2. The van der Waals surface area contributed by atoms with Gasteiger partial charge in [-0.1, -0.05) is 24.4 Å². The maximum absolute atomic E-state index is 14.1. The smallest absolute Gasteiger partial charge is 0.167 e. The van der Waals surface area contributed by atoms with Crippen LogP contribution in [0.4, 0.5) is 14.5 Å². The molecular formula is C17H12F2N2S. The molecule has 0 fully saturated rings. The quantitative estimate of drug-likeness (QED) is 0.788. The van der Waals surface area contributed by atoms with Crippen molar-refractivity contribution >= 4 is 17.4 Å². The van der Waals surface area contributed by atoms with Crippen LogP contribution in [-0.4, -0.2) is 6.54 Å². The number of hydrogen-bond acceptors (Lipinski definition) is 3. The number of thioether (sulfide) groups is 1. The highest BCUT2D eigenvalue weighted by Gasteiger charge is 2.24. The van der Waals surface area contributed by atoms with Gasteiger partial charge < -0.3 is 4.90 Å². The van der Waals surface area contributed by atoms with E-state index in [0.717, 1.165) is 28.2 Å². The fourth-order valence-corrected chi connectivity index (χ4v) is 3.62. The Bertz CT molecular complexity index is 824.